The first-order valence-corrected chi connectivity index (χ1v) is 9.59. The van der Waals surface area contributed by atoms with Crippen molar-refractivity contribution in [3.63, 3.8) is 0 Å². The van der Waals surface area contributed by atoms with Crippen molar-refractivity contribution in [2.24, 2.45) is 5.92 Å². The smallest absolute Gasteiger partial charge is 0.304 e. The van der Waals surface area contributed by atoms with Gasteiger partial charge in [-0.15, -0.1) is 0 Å². The molecule has 2 amide bonds. The number of carboxylic acid groups (broad SMARTS) is 1. The molecule has 0 saturated heterocycles. The van der Waals surface area contributed by atoms with E-state index in [9.17, 15) is 14.4 Å². The van der Waals surface area contributed by atoms with E-state index >= 15 is 0 Å². The number of benzene rings is 2. The molecular weight excluding hydrogens is 386 g/mol. The summed E-state index contributed by atoms with van der Waals surface area (Å²) in [6.45, 7) is 0.312. The van der Waals surface area contributed by atoms with E-state index < -0.39 is 36.5 Å². The predicted octanol–water partition coefficient (Wildman–Crippen LogP) is 2.06. The Bertz CT molecular complexity index is 863. The van der Waals surface area contributed by atoms with Gasteiger partial charge in [-0.25, -0.2) is 5.48 Å². The van der Waals surface area contributed by atoms with E-state index in [2.05, 4.69) is 29.6 Å². The van der Waals surface area contributed by atoms with Crippen molar-refractivity contribution in [3.05, 3.63) is 54.1 Å². The molecule has 160 valence electrons. The third kappa shape index (κ3) is 6.89. The molecule has 0 aliphatic rings. The van der Waals surface area contributed by atoms with E-state index in [1.54, 1.807) is 0 Å². The number of hydrogen-bond acceptors (Lipinski definition) is 5. The van der Waals surface area contributed by atoms with Crippen molar-refractivity contribution in [2.45, 2.75) is 19.3 Å². The maximum absolute atomic E-state index is 12.2. The molecule has 0 saturated carbocycles. The zero-order valence-corrected chi connectivity index (χ0v) is 17.1. The minimum Gasteiger partial charge on any atom is -0.481 e. The summed E-state index contributed by atoms with van der Waals surface area (Å²) in [5.41, 5.74) is 5.77. The SMILES string of the molecule is CN(C)c1ccc(-c2ccc(CCNC(=O)C(CC(=O)O)CC(=O)NO)cc2)cc1. The van der Waals surface area contributed by atoms with Crippen LogP contribution in [0.3, 0.4) is 0 Å². The van der Waals surface area contributed by atoms with E-state index in [0.717, 1.165) is 22.4 Å². The molecule has 0 bridgehead atoms. The Hall–Kier alpha value is -3.39. The number of carbonyl (C=O) groups is 3. The molecular formula is C22H27N3O5. The van der Waals surface area contributed by atoms with Crippen LogP contribution in [0.2, 0.25) is 0 Å². The summed E-state index contributed by atoms with van der Waals surface area (Å²) >= 11 is 0. The Kier molecular flexibility index (Phi) is 8.37. The van der Waals surface area contributed by atoms with Crippen LogP contribution in [0, 0.1) is 5.92 Å². The number of rotatable bonds is 10. The monoisotopic (exact) mass is 413 g/mol. The number of carboxylic acids is 1. The highest BCUT2D eigenvalue weighted by Crippen LogP contribution is 2.23. The van der Waals surface area contributed by atoms with E-state index in [0.29, 0.717) is 13.0 Å². The lowest BCUT2D eigenvalue weighted by molar-refractivity contribution is -0.142. The summed E-state index contributed by atoms with van der Waals surface area (Å²) < 4.78 is 0. The Morgan fingerprint density at radius 1 is 0.933 bits per heavy atom. The van der Waals surface area contributed by atoms with Gasteiger partial charge in [0, 0.05) is 32.7 Å². The predicted molar refractivity (Wildman–Crippen MR) is 113 cm³/mol. The first kappa shape index (κ1) is 22.9. The van der Waals surface area contributed by atoms with Crippen LogP contribution in [0.25, 0.3) is 11.1 Å². The third-order valence-corrected chi connectivity index (χ3v) is 4.73. The molecule has 4 N–H and O–H groups in total. The fourth-order valence-electron chi connectivity index (χ4n) is 3.03. The number of nitrogens with zero attached hydrogens (tertiary/aromatic N) is 1. The zero-order valence-electron chi connectivity index (χ0n) is 17.1. The van der Waals surface area contributed by atoms with E-state index in [-0.39, 0.29) is 0 Å². The molecule has 1 unspecified atom stereocenters. The van der Waals surface area contributed by atoms with E-state index in [4.69, 9.17) is 10.3 Å². The normalized spacial score (nSPS) is 11.4. The topological polar surface area (TPSA) is 119 Å². The Balaban J connectivity index is 1.90. The number of hydroxylamine groups is 1. The average Bonchev–Trinajstić information content (AvgIpc) is 2.73. The molecule has 0 radical (unpaired) electrons. The van der Waals surface area contributed by atoms with Gasteiger partial charge in [0.15, 0.2) is 0 Å². The summed E-state index contributed by atoms with van der Waals surface area (Å²) in [5.74, 6) is -3.55. The third-order valence-electron chi connectivity index (χ3n) is 4.73. The van der Waals surface area contributed by atoms with Crippen molar-refractivity contribution in [2.75, 3.05) is 25.5 Å². The molecule has 0 aliphatic heterocycles. The maximum atomic E-state index is 12.2. The lowest BCUT2D eigenvalue weighted by Crippen LogP contribution is -2.36. The van der Waals surface area contributed by atoms with Crippen molar-refractivity contribution in [3.8, 4) is 11.1 Å². The van der Waals surface area contributed by atoms with Gasteiger partial charge in [0.2, 0.25) is 11.8 Å². The highest BCUT2D eigenvalue weighted by molar-refractivity contribution is 5.88. The van der Waals surface area contributed by atoms with Crippen molar-refractivity contribution < 1.29 is 24.7 Å². The Morgan fingerprint density at radius 3 is 2.00 bits per heavy atom. The molecule has 2 aromatic carbocycles. The highest BCUT2D eigenvalue weighted by atomic mass is 16.5. The lowest BCUT2D eigenvalue weighted by atomic mass is 9.99. The quantitative estimate of drug-likeness (QED) is 0.350. The van der Waals surface area contributed by atoms with Crippen LogP contribution in [0.15, 0.2) is 48.5 Å². The minimum atomic E-state index is -1.19. The Morgan fingerprint density at radius 2 is 1.50 bits per heavy atom. The maximum Gasteiger partial charge on any atom is 0.304 e. The van der Waals surface area contributed by atoms with Crippen LogP contribution in [0.5, 0.6) is 0 Å². The molecule has 0 aromatic heterocycles. The standard InChI is InChI=1S/C22H27N3O5/c1-25(2)19-9-7-17(8-10-19)16-5-3-15(4-6-16)11-12-23-22(29)18(14-21(27)28)13-20(26)24-30/h3-10,18,30H,11-14H2,1-2H3,(H,23,29)(H,24,26)(H,27,28). The summed E-state index contributed by atoms with van der Waals surface area (Å²) in [6, 6.07) is 16.2. The summed E-state index contributed by atoms with van der Waals surface area (Å²) in [6.07, 6.45) is -0.311. The van der Waals surface area contributed by atoms with Gasteiger partial charge < -0.3 is 15.3 Å². The molecule has 8 nitrogen and oxygen atoms in total. The van der Waals surface area contributed by atoms with Gasteiger partial charge in [-0.3, -0.25) is 19.6 Å². The highest BCUT2D eigenvalue weighted by Gasteiger charge is 2.24. The van der Waals surface area contributed by atoms with Gasteiger partial charge in [-0.05, 0) is 35.2 Å². The first-order valence-electron chi connectivity index (χ1n) is 9.59. The van der Waals surface area contributed by atoms with Crippen LogP contribution in [0.4, 0.5) is 5.69 Å². The van der Waals surface area contributed by atoms with Crippen LogP contribution in [-0.2, 0) is 20.8 Å². The molecule has 2 rings (SSSR count). The number of anilines is 1. The molecule has 1 atom stereocenters. The molecule has 0 heterocycles. The van der Waals surface area contributed by atoms with Crippen molar-refractivity contribution in [1.29, 1.82) is 0 Å². The molecule has 0 spiro atoms. The average molecular weight is 413 g/mol. The van der Waals surface area contributed by atoms with Crippen LogP contribution in [0.1, 0.15) is 18.4 Å². The Labute approximate surface area is 175 Å². The summed E-state index contributed by atoms with van der Waals surface area (Å²) in [7, 11) is 3.99. The number of aliphatic carboxylic acids is 1. The summed E-state index contributed by atoms with van der Waals surface area (Å²) in [5, 5.41) is 20.2. The number of carbonyl (C=O) groups excluding carboxylic acids is 2. The van der Waals surface area contributed by atoms with Crippen molar-refractivity contribution >= 4 is 23.5 Å². The summed E-state index contributed by atoms with van der Waals surface area (Å²) in [4.78, 5) is 36.4. The zero-order chi connectivity index (χ0) is 22.1. The van der Waals surface area contributed by atoms with Crippen LogP contribution < -0.4 is 15.7 Å². The van der Waals surface area contributed by atoms with Gasteiger partial charge in [0.05, 0.1) is 12.3 Å². The largest absolute Gasteiger partial charge is 0.481 e. The second-order valence-corrected chi connectivity index (χ2v) is 7.21. The van der Waals surface area contributed by atoms with Crippen molar-refractivity contribution in [1.82, 2.24) is 10.8 Å². The molecule has 8 heteroatoms. The van der Waals surface area contributed by atoms with E-state index in [1.165, 1.54) is 5.48 Å². The molecule has 2 aromatic rings. The molecule has 30 heavy (non-hydrogen) atoms. The number of nitrogens with one attached hydrogen (secondary N) is 2. The van der Waals surface area contributed by atoms with Gasteiger partial charge in [0.1, 0.15) is 0 Å². The van der Waals surface area contributed by atoms with Crippen LogP contribution in [-0.4, -0.2) is 48.7 Å². The fourth-order valence-corrected chi connectivity index (χ4v) is 3.03. The van der Waals surface area contributed by atoms with Gasteiger partial charge >= 0.3 is 5.97 Å². The van der Waals surface area contributed by atoms with E-state index in [1.807, 2.05) is 43.3 Å². The fraction of sp³-hybridized carbons (Fsp3) is 0.318. The van der Waals surface area contributed by atoms with Crippen LogP contribution >= 0.6 is 0 Å². The second-order valence-electron chi connectivity index (χ2n) is 7.21. The lowest BCUT2D eigenvalue weighted by Gasteiger charge is -2.14. The molecule has 0 aliphatic carbocycles. The second kappa shape index (κ2) is 11.0. The van der Waals surface area contributed by atoms with Gasteiger partial charge in [-0.2, -0.15) is 0 Å². The number of hydrogen-bond donors (Lipinski definition) is 4. The molecule has 0 fully saturated rings. The van der Waals surface area contributed by atoms with Gasteiger partial charge in [0.25, 0.3) is 0 Å². The first-order chi connectivity index (χ1) is 14.3. The van der Waals surface area contributed by atoms with Gasteiger partial charge in [-0.1, -0.05) is 36.4 Å². The number of amides is 2. The minimum absolute atomic E-state index is 0.312.